The van der Waals surface area contributed by atoms with E-state index in [1.165, 1.54) is 0 Å². The summed E-state index contributed by atoms with van der Waals surface area (Å²) in [5.74, 6) is -0.377. The van der Waals surface area contributed by atoms with Crippen LogP contribution in [-0.4, -0.2) is 21.8 Å². The number of carboxylic acid groups (broad SMARTS) is 1. The van der Waals surface area contributed by atoms with Gasteiger partial charge in [0, 0.05) is 15.6 Å². The molecule has 0 radical (unpaired) electrons. The number of aromatic nitrogens is 1. The average Bonchev–Trinajstić information content (AvgIpc) is 2.98. The van der Waals surface area contributed by atoms with Gasteiger partial charge in [0.1, 0.15) is 11.4 Å². The van der Waals surface area contributed by atoms with Gasteiger partial charge in [0.05, 0.1) is 0 Å². The molecule has 1 aromatic heterocycles. The molecule has 0 fully saturated rings. The molecule has 3 rings (SSSR count). The van der Waals surface area contributed by atoms with Crippen LogP contribution >= 0.6 is 27.7 Å². The molecule has 0 saturated carbocycles. The fourth-order valence-electron chi connectivity index (χ4n) is 2.11. The Kier molecular flexibility index (Phi) is 4.83. The number of carbonyl (C=O) groups is 1. The second-order valence-corrected chi connectivity index (χ2v) is 6.47. The third-order valence-electron chi connectivity index (χ3n) is 3.09. The average molecular weight is 390 g/mol. The van der Waals surface area contributed by atoms with Crippen molar-refractivity contribution in [2.24, 2.45) is 0 Å². The molecule has 0 aliphatic heterocycles. The van der Waals surface area contributed by atoms with Gasteiger partial charge in [-0.25, -0.2) is 4.98 Å². The Balaban J connectivity index is 2.09. The van der Waals surface area contributed by atoms with Crippen LogP contribution in [0.1, 0.15) is 0 Å². The van der Waals surface area contributed by atoms with E-state index in [-0.39, 0.29) is 5.75 Å². The number of halogens is 1. The number of hydrogen-bond donors (Lipinski definition) is 1. The van der Waals surface area contributed by atoms with E-state index in [0.29, 0.717) is 16.7 Å². The Morgan fingerprint density at radius 2 is 1.83 bits per heavy atom. The van der Waals surface area contributed by atoms with Crippen LogP contribution in [0.15, 0.2) is 68.7 Å². The molecule has 3 aromatic rings. The molecule has 116 valence electrons. The van der Waals surface area contributed by atoms with Crippen molar-refractivity contribution < 1.29 is 14.3 Å². The van der Waals surface area contributed by atoms with Gasteiger partial charge in [0.2, 0.25) is 0 Å². The van der Waals surface area contributed by atoms with Crippen molar-refractivity contribution >= 4 is 33.7 Å². The number of rotatable bonds is 5. The first kappa shape index (κ1) is 15.8. The van der Waals surface area contributed by atoms with Gasteiger partial charge >= 0.3 is 5.97 Å². The van der Waals surface area contributed by atoms with Crippen molar-refractivity contribution in [3.05, 3.63) is 59.1 Å². The normalized spacial score (nSPS) is 10.7. The highest BCUT2D eigenvalue weighted by Gasteiger charge is 2.19. The van der Waals surface area contributed by atoms with Crippen molar-refractivity contribution in [3.8, 4) is 22.6 Å². The largest absolute Gasteiger partial charge is 0.481 e. The summed E-state index contributed by atoms with van der Waals surface area (Å²) < 4.78 is 6.74. The second-order valence-electron chi connectivity index (χ2n) is 4.69. The van der Waals surface area contributed by atoms with Crippen LogP contribution in [-0.2, 0) is 4.79 Å². The molecule has 2 aromatic carbocycles. The van der Waals surface area contributed by atoms with E-state index in [4.69, 9.17) is 9.52 Å². The van der Waals surface area contributed by atoms with Crippen LogP contribution in [0, 0.1) is 0 Å². The lowest BCUT2D eigenvalue weighted by molar-refractivity contribution is -0.133. The lowest BCUT2D eigenvalue weighted by Crippen LogP contribution is -1.97. The maximum Gasteiger partial charge on any atom is 0.314 e. The Bertz CT molecular complexity index is 833. The SMILES string of the molecule is O=C(O)CSc1nc(-c2ccccc2)c(-c2ccccc2Br)o1. The predicted octanol–water partition coefficient (Wildman–Crippen LogP) is 4.95. The molecular formula is C17H12BrNO3S. The fourth-order valence-corrected chi connectivity index (χ4v) is 3.12. The summed E-state index contributed by atoms with van der Waals surface area (Å²) >= 11 is 4.59. The van der Waals surface area contributed by atoms with Crippen molar-refractivity contribution in [2.75, 3.05) is 5.75 Å². The smallest absolute Gasteiger partial charge is 0.314 e. The molecule has 6 heteroatoms. The standard InChI is InChI=1S/C17H12BrNO3S/c18-13-9-5-4-8-12(13)16-15(11-6-2-1-3-7-11)19-17(22-16)23-10-14(20)21/h1-9H,10H2,(H,20,21). The van der Waals surface area contributed by atoms with Crippen LogP contribution in [0.2, 0.25) is 0 Å². The summed E-state index contributed by atoms with van der Waals surface area (Å²) in [4.78, 5) is 15.2. The number of oxazole rings is 1. The Morgan fingerprint density at radius 3 is 2.52 bits per heavy atom. The highest BCUT2D eigenvalue weighted by atomic mass is 79.9. The zero-order chi connectivity index (χ0) is 16.2. The summed E-state index contributed by atoms with van der Waals surface area (Å²) in [5.41, 5.74) is 2.50. The number of aliphatic carboxylic acids is 1. The van der Waals surface area contributed by atoms with Crippen LogP contribution in [0.25, 0.3) is 22.6 Å². The summed E-state index contributed by atoms with van der Waals surface area (Å²) in [7, 11) is 0. The predicted molar refractivity (Wildman–Crippen MR) is 93.4 cm³/mol. The fraction of sp³-hybridized carbons (Fsp3) is 0.0588. The topological polar surface area (TPSA) is 63.3 Å². The minimum atomic E-state index is -0.906. The Labute approximate surface area is 145 Å². The van der Waals surface area contributed by atoms with Crippen molar-refractivity contribution in [1.82, 2.24) is 4.98 Å². The summed E-state index contributed by atoms with van der Waals surface area (Å²) in [6.45, 7) is 0. The lowest BCUT2D eigenvalue weighted by Gasteiger charge is -2.03. The maximum absolute atomic E-state index is 10.8. The van der Waals surface area contributed by atoms with Gasteiger partial charge < -0.3 is 9.52 Å². The zero-order valence-corrected chi connectivity index (χ0v) is 14.3. The third-order valence-corrected chi connectivity index (χ3v) is 4.60. The molecule has 1 N–H and O–H groups in total. The first-order valence-corrected chi connectivity index (χ1v) is 8.59. The maximum atomic E-state index is 10.8. The minimum absolute atomic E-state index is 0.0931. The van der Waals surface area contributed by atoms with Crippen LogP contribution in [0.5, 0.6) is 0 Å². The molecule has 0 bridgehead atoms. The monoisotopic (exact) mass is 389 g/mol. The van der Waals surface area contributed by atoms with E-state index in [0.717, 1.165) is 27.4 Å². The van der Waals surface area contributed by atoms with Gasteiger partial charge in [-0.05, 0) is 6.07 Å². The van der Waals surface area contributed by atoms with Crippen molar-refractivity contribution in [3.63, 3.8) is 0 Å². The van der Waals surface area contributed by atoms with Crippen LogP contribution in [0.3, 0.4) is 0 Å². The second kappa shape index (κ2) is 7.02. The van der Waals surface area contributed by atoms with E-state index < -0.39 is 5.97 Å². The number of nitrogens with zero attached hydrogens (tertiary/aromatic N) is 1. The molecular weight excluding hydrogens is 378 g/mol. The quantitative estimate of drug-likeness (QED) is 0.625. The molecule has 0 unspecified atom stereocenters. The highest BCUT2D eigenvalue weighted by Crippen LogP contribution is 2.38. The summed E-state index contributed by atoms with van der Waals surface area (Å²) in [5, 5.41) is 9.18. The van der Waals surface area contributed by atoms with Gasteiger partial charge in [-0.15, -0.1) is 0 Å². The first-order valence-electron chi connectivity index (χ1n) is 6.81. The number of carboxylic acids is 1. The summed E-state index contributed by atoms with van der Waals surface area (Å²) in [6.07, 6.45) is 0. The van der Waals surface area contributed by atoms with Gasteiger partial charge in [0.15, 0.2) is 5.76 Å². The van der Waals surface area contributed by atoms with E-state index in [2.05, 4.69) is 20.9 Å². The van der Waals surface area contributed by atoms with Crippen LogP contribution in [0.4, 0.5) is 0 Å². The lowest BCUT2D eigenvalue weighted by atomic mass is 10.1. The number of benzene rings is 2. The number of hydrogen-bond acceptors (Lipinski definition) is 4. The molecule has 0 atom stereocenters. The number of thioether (sulfide) groups is 1. The van der Waals surface area contributed by atoms with E-state index in [1.807, 2.05) is 54.6 Å². The first-order chi connectivity index (χ1) is 11.1. The van der Waals surface area contributed by atoms with Gasteiger partial charge in [-0.3, -0.25) is 4.79 Å². The molecule has 0 spiro atoms. The van der Waals surface area contributed by atoms with E-state index in [1.54, 1.807) is 0 Å². The summed E-state index contributed by atoms with van der Waals surface area (Å²) in [6, 6.07) is 17.4. The van der Waals surface area contributed by atoms with Crippen LogP contribution < -0.4 is 0 Å². The molecule has 1 heterocycles. The third kappa shape index (κ3) is 3.65. The minimum Gasteiger partial charge on any atom is -0.481 e. The Hall–Kier alpha value is -2.05. The van der Waals surface area contributed by atoms with Crippen molar-refractivity contribution in [2.45, 2.75) is 5.22 Å². The molecule has 0 aliphatic rings. The molecule has 23 heavy (non-hydrogen) atoms. The van der Waals surface area contributed by atoms with Gasteiger partial charge in [0.25, 0.3) is 5.22 Å². The van der Waals surface area contributed by atoms with E-state index >= 15 is 0 Å². The van der Waals surface area contributed by atoms with E-state index in [9.17, 15) is 4.79 Å². The molecule has 0 aliphatic carbocycles. The zero-order valence-electron chi connectivity index (χ0n) is 11.9. The molecule has 0 saturated heterocycles. The van der Waals surface area contributed by atoms with Gasteiger partial charge in [-0.2, -0.15) is 0 Å². The molecule has 0 amide bonds. The van der Waals surface area contributed by atoms with Gasteiger partial charge in [-0.1, -0.05) is 76.2 Å². The molecule has 4 nitrogen and oxygen atoms in total. The highest BCUT2D eigenvalue weighted by molar-refractivity contribution is 9.10. The van der Waals surface area contributed by atoms with Crippen molar-refractivity contribution in [1.29, 1.82) is 0 Å². The Morgan fingerprint density at radius 1 is 1.13 bits per heavy atom.